The van der Waals surface area contributed by atoms with E-state index in [1.807, 2.05) is 19.1 Å². The number of nitrogens with two attached hydrogens (primary N) is 1. The summed E-state index contributed by atoms with van der Waals surface area (Å²) in [4.78, 5) is 16.5. The lowest BCUT2D eigenvalue weighted by Gasteiger charge is -2.23. The number of halogens is 1. The Kier molecular flexibility index (Phi) is 7.79. The lowest BCUT2D eigenvalue weighted by molar-refractivity contribution is -0.126. The van der Waals surface area contributed by atoms with Crippen LogP contribution in [0.4, 0.5) is 0 Å². The summed E-state index contributed by atoms with van der Waals surface area (Å²) in [7, 11) is 0. The lowest BCUT2D eigenvalue weighted by Crippen LogP contribution is -2.51. The molecular formula is C17H28ClN3O2. The second-order valence-corrected chi connectivity index (χ2v) is 6.34. The van der Waals surface area contributed by atoms with Crippen LogP contribution in [0.3, 0.4) is 0 Å². The molecule has 0 radical (unpaired) electrons. The third-order valence-corrected chi connectivity index (χ3v) is 4.16. The molecule has 0 spiro atoms. The smallest absolute Gasteiger partial charge is 0.240 e. The van der Waals surface area contributed by atoms with E-state index in [9.17, 15) is 4.79 Å². The maximum atomic E-state index is 12.2. The van der Waals surface area contributed by atoms with Gasteiger partial charge < -0.3 is 15.8 Å². The van der Waals surface area contributed by atoms with Gasteiger partial charge >= 0.3 is 0 Å². The maximum Gasteiger partial charge on any atom is 0.240 e. The minimum atomic E-state index is -0.830. The van der Waals surface area contributed by atoms with Crippen LogP contribution in [0.5, 0.6) is 5.88 Å². The highest BCUT2D eigenvalue weighted by Gasteiger charge is 2.27. The molecule has 1 aliphatic carbocycles. The zero-order chi connectivity index (χ0) is 16.0. The van der Waals surface area contributed by atoms with E-state index in [0.29, 0.717) is 18.8 Å². The fourth-order valence-corrected chi connectivity index (χ4v) is 2.84. The number of rotatable bonds is 7. The van der Waals surface area contributed by atoms with Gasteiger partial charge in [0.15, 0.2) is 0 Å². The first-order valence-electron chi connectivity index (χ1n) is 8.20. The number of pyridine rings is 1. The molecule has 1 atom stereocenters. The van der Waals surface area contributed by atoms with Gasteiger partial charge in [0.2, 0.25) is 11.8 Å². The first-order valence-corrected chi connectivity index (χ1v) is 8.20. The molecule has 1 heterocycles. The molecule has 1 saturated carbocycles. The van der Waals surface area contributed by atoms with Crippen LogP contribution in [-0.4, -0.2) is 22.5 Å². The Morgan fingerprint density at radius 3 is 2.83 bits per heavy atom. The summed E-state index contributed by atoms with van der Waals surface area (Å²) in [5.74, 6) is 0.494. The van der Waals surface area contributed by atoms with Crippen molar-refractivity contribution in [2.75, 3.05) is 0 Å². The van der Waals surface area contributed by atoms with Crippen molar-refractivity contribution in [1.29, 1.82) is 0 Å². The number of aromatic nitrogens is 1. The zero-order valence-electron chi connectivity index (χ0n) is 14.0. The highest BCUT2D eigenvalue weighted by atomic mass is 35.5. The molecule has 3 N–H and O–H groups in total. The molecule has 1 aromatic rings. The molecule has 5 nitrogen and oxygen atoms in total. The summed E-state index contributed by atoms with van der Waals surface area (Å²) in [5, 5.41) is 2.91. The molecule has 1 fully saturated rings. The standard InChI is InChI=1S/C17H27N3O2.ClH/c1-3-10-17(2,18)16(21)20-12-13-7-6-11-19-15(13)22-14-8-4-5-9-14;/h6-7,11,14H,3-5,8-10,12,18H2,1-2H3,(H,20,21);1H. The van der Waals surface area contributed by atoms with Crippen molar-refractivity contribution in [2.24, 2.45) is 5.73 Å². The van der Waals surface area contributed by atoms with E-state index in [0.717, 1.165) is 24.8 Å². The Labute approximate surface area is 144 Å². The van der Waals surface area contributed by atoms with E-state index in [1.165, 1.54) is 12.8 Å². The molecule has 0 bridgehead atoms. The van der Waals surface area contributed by atoms with Gasteiger partial charge in [-0.05, 0) is 45.1 Å². The van der Waals surface area contributed by atoms with Crippen molar-refractivity contribution in [3.05, 3.63) is 23.9 Å². The molecule has 2 rings (SSSR count). The summed E-state index contributed by atoms with van der Waals surface area (Å²) < 4.78 is 5.98. The van der Waals surface area contributed by atoms with Gasteiger partial charge in [-0.1, -0.05) is 19.4 Å². The third-order valence-electron chi connectivity index (χ3n) is 4.16. The molecule has 1 amide bonds. The van der Waals surface area contributed by atoms with Crippen molar-refractivity contribution in [2.45, 2.75) is 70.6 Å². The van der Waals surface area contributed by atoms with Gasteiger partial charge in [-0.15, -0.1) is 12.4 Å². The molecule has 6 heteroatoms. The largest absolute Gasteiger partial charge is 0.474 e. The van der Waals surface area contributed by atoms with E-state index in [1.54, 1.807) is 13.1 Å². The Balaban J connectivity index is 0.00000264. The number of amides is 1. The molecule has 0 aliphatic heterocycles. The fraction of sp³-hybridized carbons (Fsp3) is 0.647. The fourth-order valence-electron chi connectivity index (χ4n) is 2.84. The van der Waals surface area contributed by atoms with Crippen molar-refractivity contribution in [3.63, 3.8) is 0 Å². The number of nitrogens with one attached hydrogen (secondary N) is 1. The van der Waals surface area contributed by atoms with Gasteiger partial charge in [0.05, 0.1) is 5.54 Å². The normalized spacial score (nSPS) is 17.2. The SMILES string of the molecule is CCCC(C)(N)C(=O)NCc1cccnc1OC1CCCC1.Cl. The predicted molar refractivity (Wildman–Crippen MR) is 93.7 cm³/mol. The number of hydrogen-bond donors (Lipinski definition) is 2. The summed E-state index contributed by atoms with van der Waals surface area (Å²) in [6.45, 7) is 4.18. The van der Waals surface area contributed by atoms with Crippen molar-refractivity contribution in [3.8, 4) is 5.88 Å². The average molecular weight is 342 g/mol. The van der Waals surface area contributed by atoms with E-state index in [2.05, 4.69) is 10.3 Å². The van der Waals surface area contributed by atoms with Crippen LogP contribution < -0.4 is 15.8 Å². The number of ether oxygens (including phenoxy) is 1. The Hall–Kier alpha value is -1.33. The molecule has 1 unspecified atom stereocenters. The van der Waals surface area contributed by atoms with Gasteiger partial charge in [-0.3, -0.25) is 4.79 Å². The van der Waals surface area contributed by atoms with Crippen molar-refractivity contribution < 1.29 is 9.53 Å². The maximum absolute atomic E-state index is 12.2. The van der Waals surface area contributed by atoms with Crippen molar-refractivity contribution in [1.82, 2.24) is 10.3 Å². The van der Waals surface area contributed by atoms with Crippen LogP contribution in [0.25, 0.3) is 0 Å². The van der Waals surface area contributed by atoms with Crippen LogP contribution in [0.2, 0.25) is 0 Å². The minimum Gasteiger partial charge on any atom is -0.474 e. The monoisotopic (exact) mass is 341 g/mol. The highest BCUT2D eigenvalue weighted by Crippen LogP contribution is 2.25. The van der Waals surface area contributed by atoms with Crippen molar-refractivity contribution >= 4 is 18.3 Å². The lowest BCUT2D eigenvalue weighted by atomic mass is 9.96. The number of nitrogens with zero attached hydrogens (tertiary/aromatic N) is 1. The van der Waals surface area contributed by atoms with Gasteiger partial charge in [-0.25, -0.2) is 4.98 Å². The number of carbonyl (C=O) groups is 1. The molecular weight excluding hydrogens is 314 g/mol. The first kappa shape index (κ1) is 19.7. The average Bonchev–Trinajstić information content (AvgIpc) is 2.99. The second kappa shape index (κ2) is 9.08. The summed E-state index contributed by atoms with van der Waals surface area (Å²) in [6, 6.07) is 3.79. The molecule has 1 aromatic heterocycles. The van der Waals surface area contributed by atoms with Crippen LogP contribution in [0.15, 0.2) is 18.3 Å². The first-order chi connectivity index (χ1) is 10.5. The van der Waals surface area contributed by atoms with Crippen LogP contribution >= 0.6 is 12.4 Å². The summed E-state index contributed by atoms with van der Waals surface area (Å²) in [5.41, 5.74) is 6.11. The second-order valence-electron chi connectivity index (χ2n) is 6.34. The molecule has 0 aromatic carbocycles. The zero-order valence-corrected chi connectivity index (χ0v) is 14.8. The van der Waals surface area contributed by atoms with E-state index in [-0.39, 0.29) is 24.4 Å². The number of carbonyl (C=O) groups excluding carboxylic acids is 1. The van der Waals surface area contributed by atoms with Crippen LogP contribution in [0.1, 0.15) is 57.9 Å². The summed E-state index contributed by atoms with van der Waals surface area (Å²) in [6.07, 6.45) is 8.11. The van der Waals surface area contributed by atoms with Gasteiger partial charge in [0, 0.05) is 18.3 Å². The Morgan fingerprint density at radius 2 is 2.17 bits per heavy atom. The van der Waals surface area contributed by atoms with Gasteiger partial charge in [0.25, 0.3) is 0 Å². The Bertz CT molecular complexity index is 502. The van der Waals surface area contributed by atoms with E-state index < -0.39 is 5.54 Å². The quantitative estimate of drug-likeness (QED) is 0.799. The van der Waals surface area contributed by atoms with E-state index >= 15 is 0 Å². The van der Waals surface area contributed by atoms with Crippen LogP contribution in [-0.2, 0) is 11.3 Å². The van der Waals surface area contributed by atoms with Crippen LogP contribution in [0, 0.1) is 0 Å². The molecule has 1 aliphatic rings. The minimum absolute atomic E-state index is 0. The molecule has 130 valence electrons. The Morgan fingerprint density at radius 1 is 1.48 bits per heavy atom. The topological polar surface area (TPSA) is 77.2 Å². The summed E-state index contributed by atoms with van der Waals surface area (Å²) >= 11 is 0. The number of hydrogen-bond acceptors (Lipinski definition) is 4. The molecule has 23 heavy (non-hydrogen) atoms. The van der Waals surface area contributed by atoms with E-state index in [4.69, 9.17) is 10.5 Å². The van der Waals surface area contributed by atoms with Gasteiger partial charge in [0.1, 0.15) is 6.10 Å². The molecule has 0 saturated heterocycles. The predicted octanol–water partition coefficient (Wildman–Crippen LogP) is 2.96. The van der Waals surface area contributed by atoms with Gasteiger partial charge in [-0.2, -0.15) is 0 Å². The third kappa shape index (κ3) is 5.66. The highest BCUT2D eigenvalue weighted by molar-refractivity contribution is 5.85.